The minimum absolute atomic E-state index is 0.193. The molecule has 0 spiro atoms. The van der Waals surface area contributed by atoms with Crippen LogP contribution in [0.3, 0.4) is 0 Å². The average molecular weight is 264 g/mol. The highest BCUT2D eigenvalue weighted by atomic mass is 35.5. The lowest BCUT2D eigenvalue weighted by Gasteiger charge is -2.08. The van der Waals surface area contributed by atoms with Crippen molar-refractivity contribution in [1.82, 2.24) is 5.32 Å². The van der Waals surface area contributed by atoms with E-state index in [0.717, 1.165) is 19.4 Å². The molecule has 0 bridgehead atoms. The quantitative estimate of drug-likeness (QED) is 0.605. The molecule has 90 valence electrons. The van der Waals surface area contributed by atoms with Crippen LogP contribution in [0.1, 0.15) is 25.3 Å². The summed E-state index contributed by atoms with van der Waals surface area (Å²) in [6.45, 7) is 3.25. The monoisotopic (exact) mass is 263 g/mol. The molecule has 0 aliphatic rings. The van der Waals surface area contributed by atoms with Gasteiger partial charge in [0.2, 0.25) is 0 Å². The number of benzene rings is 1. The van der Waals surface area contributed by atoms with Crippen LogP contribution in [-0.4, -0.2) is 11.9 Å². The second-order valence-corrected chi connectivity index (χ2v) is 4.95. The summed E-state index contributed by atoms with van der Waals surface area (Å²) in [5, 5.41) is 3.82. The molecule has 16 heavy (non-hydrogen) atoms. The summed E-state index contributed by atoms with van der Waals surface area (Å²) in [5.74, 6) is -0.259. The maximum atomic E-state index is 13.3. The summed E-state index contributed by atoms with van der Waals surface area (Å²) >= 11 is 11.7. The van der Waals surface area contributed by atoms with E-state index in [1.54, 1.807) is 12.1 Å². The molecule has 0 fully saturated rings. The first kappa shape index (κ1) is 13.8. The smallest absolute Gasteiger partial charge is 0.129 e. The number of halogens is 3. The highest BCUT2D eigenvalue weighted by Crippen LogP contribution is 2.18. The van der Waals surface area contributed by atoms with Gasteiger partial charge in [-0.15, -0.1) is 11.6 Å². The van der Waals surface area contributed by atoms with Crippen LogP contribution in [0.4, 0.5) is 4.39 Å². The van der Waals surface area contributed by atoms with Crippen molar-refractivity contribution >= 4 is 23.2 Å². The van der Waals surface area contributed by atoms with Crippen molar-refractivity contribution in [1.29, 1.82) is 0 Å². The fraction of sp³-hybridized carbons (Fsp3) is 0.500. The normalized spacial score (nSPS) is 12.8. The second-order valence-electron chi connectivity index (χ2n) is 3.80. The number of rotatable bonds is 6. The van der Waals surface area contributed by atoms with Crippen LogP contribution >= 0.6 is 23.2 Å². The summed E-state index contributed by atoms with van der Waals surface area (Å²) in [4.78, 5) is 0. The molecule has 0 aliphatic heterocycles. The molecule has 0 aliphatic carbocycles. The van der Waals surface area contributed by atoms with Crippen molar-refractivity contribution in [3.8, 4) is 0 Å². The van der Waals surface area contributed by atoms with E-state index in [1.165, 1.54) is 6.07 Å². The Morgan fingerprint density at radius 3 is 2.81 bits per heavy atom. The standard InChI is InChI=1S/C12H16Cl2FN/c1-9(13)4-3-7-16-8-10-11(14)5-2-6-12(10)15/h2,5-6,9,16H,3-4,7-8H2,1H3. The largest absolute Gasteiger partial charge is 0.313 e. The zero-order valence-corrected chi connectivity index (χ0v) is 10.8. The van der Waals surface area contributed by atoms with Crippen LogP contribution in [0.15, 0.2) is 18.2 Å². The van der Waals surface area contributed by atoms with E-state index in [1.807, 2.05) is 6.92 Å². The topological polar surface area (TPSA) is 12.0 Å². The van der Waals surface area contributed by atoms with Crippen molar-refractivity contribution in [2.24, 2.45) is 0 Å². The molecule has 1 N–H and O–H groups in total. The Balaban J connectivity index is 2.32. The molecule has 4 heteroatoms. The van der Waals surface area contributed by atoms with E-state index in [9.17, 15) is 4.39 Å². The van der Waals surface area contributed by atoms with Gasteiger partial charge in [0.05, 0.1) is 0 Å². The first-order valence-electron chi connectivity index (χ1n) is 5.39. The summed E-state index contributed by atoms with van der Waals surface area (Å²) in [6, 6.07) is 4.72. The van der Waals surface area contributed by atoms with E-state index in [2.05, 4.69) is 5.32 Å². The minimum atomic E-state index is -0.259. The number of hydrogen-bond acceptors (Lipinski definition) is 1. The van der Waals surface area contributed by atoms with Crippen molar-refractivity contribution in [3.05, 3.63) is 34.6 Å². The van der Waals surface area contributed by atoms with Gasteiger partial charge < -0.3 is 5.32 Å². The van der Waals surface area contributed by atoms with Gasteiger partial charge in [-0.2, -0.15) is 0 Å². The summed E-state index contributed by atoms with van der Waals surface area (Å²) in [7, 11) is 0. The van der Waals surface area contributed by atoms with Gasteiger partial charge in [0.1, 0.15) is 5.82 Å². The molecule has 0 saturated heterocycles. The Morgan fingerprint density at radius 2 is 2.19 bits per heavy atom. The summed E-state index contributed by atoms with van der Waals surface area (Å²) in [5.41, 5.74) is 0.531. The van der Waals surface area contributed by atoms with Crippen molar-refractivity contribution in [2.45, 2.75) is 31.7 Å². The van der Waals surface area contributed by atoms with Gasteiger partial charge in [0.25, 0.3) is 0 Å². The first-order valence-corrected chi connectivity index (χ1v) is 6.20. The predicted octanol–water partition coefficient (Wildman–Crippen LogP) is 3.98. The highest BCUT2D eigenvalue weighted by Gasteiger charge is 2.05. The van der Waals surface area contributed by atoms with Crippen LogP contribution in [0, 0.1) is 5.82 Å². The van der Waals surface area contributed by atoms with Crippen LogP contribution in [0.25, 0.3) is 0 Å². The van der Waals surface area contributed by atoms with Crippen molar-refractivity contribution in [3.63, 3.8) is 0 Å². The predicted molar refractivity (Wildman–Crippen MR) is 67.7 cm³/mol. The third kappa shape index (κ3) is 4.69. The van der Waals surface area contributed by atoms with Gasteiger partial charge in [-0.1, -0.05) is 17.7 Å². The van der Waals surface area contributed by atoms with Crippen LogP contribution in [-0.2, 0) is 6.54 Å². The molecule has 0 radical (unpaired) electrons. The molecule has 1 nitrogen and oxygen atoms in total. The number of nitrogens with one attached hydrogen (secondary N) is 1. The molecule has 1 aromatic carbocycles. The fourth-order valence-corrected chi connectivity index (χ4v) is 1.81. The average Bonchev–Trinajstić information content (AvgIpc) is 2.21. The molecule has 0 aromatic heterocycles. The minimum Gasteiger partial charge on any atom is -0.313 e. The Labute approximate surface area is 106 Å². The summed E-state index contributed by atoms with van der Waals surface area (Å²) in [6.07, 6.45) is 1.94. The molecule has 0 saturated carbocycles. The molecule has 0 amide bonds. The van der Waals surface area contributed by atoms with E-state index < -0.39 is 0 Å². The second kappa shape index (κ2) is 7.10. The van der Waals surface area contributed by atoms with Crippen LogP contribution in [0.2, 0.25) is 5.02 Å². The molecule has 1 atom stereocenters. The summed E-state index contributed by atoms with van der Waals surface area (Å²) < 4.78 is 13.3. The molecular weight excluding hydrogens is 248 g/mol. The van der Waals surface area contributed by atoms with E-state index in [4.69, 9.17) is 23.2 Å². The molecular formula is C12H16Cl2FN. The van der Waals surface area contributed by atoms with E-state index in [0.29, 0.717) is 17.1 Å². The number of hydrogen-bond donors (Lipinski definition) is 1. The highest BCUT2D eigenvalue weighted by molar-refractivity contribution is 6.31. The van der Waals surface area contributed by atoms with Gasteiger partial charge in [-0.05, 0) is 38.4 Å². The first-order chi connectivity index (χ1) is 7.61. The zero-order valence-electron chi connectivity index (χ0n) is 9.27. The van der Waals surface area contributed by atoms with Gasteiger partial charge in [-0.25, -0.2) is 4.39 Å². The maximum absolute atomic E-state index is 13.3. The van der Waals surface area contributed by atoms with Crippen LogP contribution < -0.4 is 5.32 Å². The number of alkyl halides is 1. The lowest BCUT2D eigenvalue weighted by atomic mass is 10.2. The van der Waals surface area contributed by atoms with Crippen molar-refractivity contribution < 1.29 is 4.39 Å². The molecule has 0 heterocycles. The van der Waals surface area contributed by atoms with Gasteiger partial charge in [0, 0.05) is 22.5 Å². The lowest BCUT2D eigenvalue weighted by molar-refractivity contribution is 0.574. The maximum Gasteiger partial charge on any atom is 0.129 e. The SMILES string of the molecule is CC(Cl)CCCNCc1c(F)cccc1Cl. The Morgan fingerprint density at radius 1 is 1.44 bits per heavy atom. The van der Waals surface area contributed by atoms with Gasteiger partial charge >= 0.3 is 0 Å². The van der Waals surface area contributed by atoms with Gasteiger partial charge in [0.15, 0.2) is 0 Å². The van der Waals surface area contributed by atoms with Gasteiger partial charge in [-0.3, -0.25) is 0 Å². The van der Waals surface area contributed by atoms with Crippen molar-refractivity contribution in [2.75, 3.05) is 6.54 Å². The molecule has 1 rings (SSSR count). The van der Waals surface area contributed by atoms with E-state index in [-0.39, 0.29) is 11.2 Å². The third-order valence-corrected chi connectivity index (χ3v) is 2.89. The third-order valence-electron chi connectivity index (χ3n) is 2.32. The lowest BCUT2D eigenvalue weighted by Crippen LogP contribution is -2.16. The zero-order chi connectivity index (χ0) is 12.0. The Hall–Kier alpha value is -0.310. The Bertz CT molecular complexity index is 309. The Kier molecular flexibility index (Phi) is 6.10. The van der Waals surface area contributed by atoms with Crippen LogP contribution in [0.5, 0.6) is 0 Å². The molecule has 1 unspecified atom stereocenters. The van der Waals surface area contributed by atoms with E-state index >= 15 is 0 Å². The fourth-order valence-electron chi connectivity index (χ4n) is 1.42. The molecule has 1 aromatic rings.